The van der Waals surface area contributed by atoms with Crippen LogP contribution in [0.2, 0.25) is 0 Å². The van der Waals surface area contributed by atoms with Gasteiger partial charge in [0, 0.05) is 45.3 Å². The molecule has 0 aromatic heterocycles. The predicted octanol–water partition coefficient (Wildman–Crippen LogP) is 1.94. The van der Waals surface area contributed by atoms with Crippen molar-refractivity contribution in [3.63, 3.8) is 0 Å². The van der Waals surface area contributed by atoms with Crippen LogP contribution in [0.25, 0.3) is 0 Å². The maximum atomic E-state index is 12.7. The molecule has 0 bridgehead atoms. The zero-order chi connectivity index (χ0) is 14.6. The van der Waals surface area contributed by atoms with Crippen molar-refractivity contribution in [3.05, 3.63) is 0 Å². The Labute approximate surface area is 119 Å². The number of piperazine rings is 1. The van der Waals surface area contributed by atoms with Crippen LogP contribution in [0.4, 0.5) is 13.2 Å². The zero-order valence-corrected chi connectivity index (χ0v) is 12.3. The van der Waals surface area contributed by atoms with E-state index in [1.165, 1.54) is 0 Å². The van der Waals surface area contributed by atoms with Gasteiger partial charge in [0.15, 0.2) is 0 Å². The van der Waals surface area contributed by atoms with E-state index in [-0.39, 0.29) is 12.5 Å². The molecule has 0 radical (unpaired) electrons. The van der Waals surface area contributed by atoms with Gasteiger partial charge < -0.3 is 10.2 Å². The lowest BCUT2D eigenvalue weighted by Crippen LogP contribution is -2.48. The van der Waals surface area contributed by atoms with E-state index in [1.807, 2.05) is 0 Å². The number of nitrogens with zero attached hydrogens (tertiary/aromatic N) is 2. The van der Waals surface area contributed by atoms with Crippen molar-refractivity contribution < 1.29 is 13.2 Å². The zero-order valence-electron chi connectivity index (χ0n) is 12.3. The Balaban J connectivity index is 1.64. The molecule has 0 aromatic rings. The van der Waals surface area contributed by atoms with Crippen molar-refractivity contribution in [2.75, 3.05) is 46.3 Å². The van der Waals surface area contributed by atoms with E-state index >= 15 is 0 Å². The second kappa shape index (κ2) is 7.09. The number of likely N-dealkylation sites (N-methyl/N-ethyl adjacent to an activating group) is 1. The molecule has 2 rings (SSSR count). The Kier molecular flexibility index (Phi) is 5.69. The van der Waals surface area contributed by atoms with Crippen LogP contribution >= 0.6 is 0 Å². The fraction of sp³-hybridized carbons (Fsp3) is 1.00. The maximum Gasteiger partial charge on any atom is 0.391 e. The summed E-state index contributed by atoms with van der Waals surface area (Å²) in [7, 11) is 2.12. The van der Waals surface area contributed by atoms with Gasteiger partial charge in [-0.3, -0.25) is 4.90 Å². The van der Waals surface area contributed by atoms with E-state index in [0.717, 1.165) is 45.7 Å². The smallest absolute Gasteiger partial charge is 0.313 e. The Morgan fingerprint density at radius 2 is 1.80 bits per heavy atom. The van der Waals surface area contributed by atoms with Crippen molar-refractivity contribution in [3.8, 4) is 0 Å². The highest BCUT2D eigenvalue weighted by Gasteiger charge is 2.41. The number of hydrogen-bond acceptors (Lipinski definition) is 3. The second-order valence-electron chi connectivity index (χ2n) is 6.20. The molecule has 118 valence electrons. The normalized spacial score (nSPS) is 30.6. The van der Waals surface area contributed by atoms with Crippen molar-refractivity contribution in [2.24, 2.45) is 5.92 Å². The molecule has 0 amide bonds. The second-order valence-corrected chi connectivity index (χ2v) is 6.20. The summed E-state index contributed by atoms with van der Waals surface area (Å²) in [6, 6.07) is 0.0443. The highest BCUT2D eigenvalue weighted by Crippen LogP contribution is 2.37. The van der Waals surface area contributed by atoms with Crippen LogP contribution in [0.5, 0.6) is 0 Å². The third kappa shape index (κ3) is 4.90. The molecule has 1 saturated carbocycles. The van der Waals surface area contributed by atoms with Crippen LogP contribution in [0.15, 0.2) is 0 Å². The molecule has 1 aliphatic heterocycles. The highest BCUT2D eigenvalue weighted by molar-refractivity contribution is 4.82. The molecule has 3 nitrogen and oxygen atoms in total. The minimum absolute atomic E-state index is 0.0443. The van der Waals surface area contributed by atoms with Crippen molar-refractivity contribution in [2.45, 2.75) is 37.9 Å². The summed E-state index contributed by atoms with van der Waals surface area (Å²) in [5.74, 6) is -1.10. The Morgan fingerprint density at radius 1 is 1.10 bits per heavy atom. The number of hydrogen-bond donors (Lipinski definition) is 1. The molecular formula is C14H26F3N3. The molecule has 2 unspecified atom stereocenters. The summed E-state index contributed by atoms with van der Waals surface area (Å²) in [5.41, 5.74) is 0. The first-order valence-electron chi connectivity index (χ1n) is 7.66. The average molecular weight is 293 g/mol. The Hall–Kier alpha value is -0.330. The largest absolute Gasteiger partial charge is 0.391 e. The summed E-state index contributed by atoms with van der Waals surface area (Å²) in [6.45, 7) is 6.04. The first-order chi connectivity index (χ1) is 9.45. The SMILES string of the molecule is CN1CCN(CCNC2CCCC(C(F)(F)F)C2)CC1. The Morgan fingerprint density at radius 3 is 2.45 bits per heavy atom. The van der Waals surface area contributed by atoms with E-state index in [0.29, 0.717) is 12.8 Å². The summed E-state index contributed by atoms with van der Waals surface area (Å²) in [5, 5.41) is 3.33. The molecule has 0 spiro atoms. The molecule has 1 saturated heterocycles. The fourth-order valence-electron chi connectivity index (χ4n) is 3.17. The van der Waals surface area contributed by atoms with Gasteiger partial charge in [0.1, 0.15) is 0 Å². The molecule has 2 fully saturated rings. The minimum atomic E-state index is -4.02. The van der Waals surface area contributed by atoms with Crippen LogP contribution in [-0.2, 0) is 0 Å². The number of alkyl halides is 3. The topological polar surface area (TPSA) is 18.5 Å². The first kappa shape index (κ1) is 16.0. The number of rotatable bonds is 4. The molecule has 1 aliphatic carbocycles. The van der Waals surface area contributed by atoms with Crippen LogP contribution in [0.1, 0.15) is 25.7 Å². The van der Waals surface area contributed by atoms with E-state index in [1.54, 1.807) is 0 Å². The van der Waals surface area contributed by atoms with Crippen LogP contribution < -0.4 is 5.32 Å². The molecule has 6 heteroatoms. The van der Waals surface area contributed by atoms with E-state index < -0.39 is 12.1 Å². The van der Waals surface area contributed by atoms with Gasteiger partial charge in [-0.1, -0.05) is 6.42 Å². The summed E-state index contributed by atoms with van der Waals surface area (Å²) in [4.78, 5) is 4.69. The van der Waals surface area contributed by atoms with Crippen LogP contribution in [0, 0.1) is 5.92 Å². The molecule has 1 heterocycles. The third-order valence-electron chi connectivity index (χ3n) is 4.59. The van der Waals surface area contributed by atoms with E-state index in [2.05, 4.69) is 22.2 Å². The lowest BCUT2D eigenvalue weighted by atomic mass is 9.85. The van der Waals surface area contributed by atoms with Crippen molar-refractivity contribution in [1.29, 1.82) is 0 Å². The molecule has 2 atom stereocenters. The minimum Gasteiger partial charge on any atom is -0.313 e. The Bertz CT molecular complexity index is 288. The lowest BCUT2D eigenvalue weighted by Gasteiger charge is -2.34. The van der Waals surface area contributed by atoms with Crippen LogP contribution in [0.3, 0.4) is 0 Å². The van der Waals surface area contributed by atoms with Gasteiger partial charge in [-0.15, -0.1) is 0 Å². The third-order valence-corrected chi connectivity index (χ3v) is 4.59. The fourth-order valence-corrected chi connectivity index (χ4v) is 3.17. The molecule has 20 heavy (non-hydrogen) atoms. The van der Waals surface area contributed by atoms with E-state index in [9.17, 15) is 13.2 Å². The molecule has 1 N–H and O–H groups in total. The molecule has 2 aliphatic rings. The highest BCUT2D eigenvalue weighted by atomic mass is 19.4. The standard InChI is InChI=1S/C14H26F3N3/c1-19-7-9-20(10-8-19)6-5-18-13-4-2-3-12(11-13)14(15,16)17/h12-13,18H,2-11H2,1H3. The first-order valence-corrected chi connectivity index (χ1v) is 7.66. The molecule has 0 aromatic carbocycles. The van der Waals surface area contributed by atoms with Crippen LogP contribution in [-0.4, -0.2) is 68.3 Å². The van der Waals surface area contributed by atoms with Gasteiger partial charge in [-0.2, -0.15) is 13.2 Å². The van der Waals surface area contributed by atoms with Gasteiger partial charge in [0.05, 0.1) is 5.92 Å². The van der Waals surface area contributed by atoms with Gasteiger partial charge in [-0.05, 0) is 26.3 Å². The maximum absolute atomic E-state index is 12.7. The predicted molar refractivity (Wildman–Crippen MR) is 73.7 cm³/mol. The lowest BCUT2D eigenvalue weighted by molar-refractivity contribution is -0.183. The quantitative estimate of drug-likeness (QED) is 0.854. The van der Waals surface area contributed by atoms with Crippen molar-refractivity contribution >= 4 is 0 Å². The monoisotopic (exact) mass is 293 g/mol. The van der Waals surface area contributed by atoms with Gasteiger partial charge in [-0.25, -0.2) is 0 Å². The van der Waals surface area contributed by atoms with Gasteiger partial charge in [0.2, 0.25) is 0 Å². The van der Waals surface area contributed by atoms with Gasteiger partial charge in [0.25, 0.3) is 0 Å². The summed E-state index contributed by atoms with van der Waals surface area (Å²) in [6.07, 6.45) is -1.88. The number of halogens is 3. The van der Waals surface area contributed by atoms with Gasteiger partial charge >= 0.3 is 6.18 Å². The summed E-state index contributed by atoms with van der Waals surface area (Å²) < 4.78 is 38.2. The molecular weight excluding hydrogens is 267 g/mol. The number of nitrogens with one attached hydrogen (secondary N) is 1. The summed E-state index contributed by atoms with van der Waals surface area (Å²) >= 11 is 0. The van der Waals surface area contributed by atoms with E-state index in [4.69, 9.17) is 0 Å². The average Bonchev–Trinajstić information content (AvgIpc) is 2.40. The van der Waals surface area contributed by atoms with Crippen molar-refractivity contribution in [1.82, 2.24) is 15.1 Å².